The zero-order valence-corrected chi connectivity index (χ0v) is 15.9. The third-order valence-electron chi connectivity index (χ3n) is 4.14. The number of hydrogen-bond acceptors (Lipinski definition) is 6. The Morgan fingerprint density at radius 3 is 2.57 bits per heavy atom. The minimum absolute atomic E-state index is 0.161. The number of ether oxygens (including phenoxy) is 1. The third kappa shape index (κ3) is 4.96. The van der Waals surface area contributed by atoms with Gasteiger partial charge in [0.05, 0.1) is 6.21 Å². The molecule has 1 amide bonds. The molecule has 3 aromatic carbocycles. The van der Waals surface area contributed by atoms with Crippen molar-refractivity contribution in [1.29, 1.82) is 0 Å². The molecule has 7 nitrogen and oxygen atoms in total. The van der Waals surface area contributed by atoms with Gasteiger partial charge in [-0.3, -0.25) is 4.79 Å². The first-order valence-electron chi connectivity index (χ1n) is 9.27. The van der Waals surface area contributed by atoms with Crippen LogP contribution in [0.3, 0.4) is 0 Å². The molecule has 0 radical (unpaired) electrons. The van der Waals surface area contributed by atoms with Crippen molar-refractivity contribution in [3.05, 3.63) is 102 Å². The fraction of sp³-hybridized carbons (Fsp3) is 0.0435. The average molecular weight is 398 g/mol. The van der Waals surface area contributed by atoms with Gasteiger partial charge in [-0.1, -0.05) is 78.0 Å². The lowest BCUT2D eigenvalue weighted by atomic mass is 10.2. The molecule has 0 bridgehead atoms. The third-order valence-corrected chi connectivity index (χ3v) is 4.14. The number of carbonyl (C=O) groups is 1. The first-order chi connectivity index (χ1) is 14.8. The number of hydrazone groups is 1. The van der Waals surface area contributed by atoms with E-state index < -0.39 is 5.91 Å². The van der Waals surface area contributed by atoms with Gasteiger partial charge < -0.3 is 9.26 Å². The highest BCUT2D eigenvalue weighted by Gasteiger charge is 2.15. The van der Waals surface area contributed by atoms with Crippen LogP contribution >= 0.6 is 0 Å². The molecule has 0 unspecified atom stereocenters. The van der Waals surface area contributed by atoms with Gasteiger partial charge in [-0.25, -0.2) is 5.43 Å². The van der Waals surface area contributed by atoms with Crippen LogP contribution < -0.4 is 10.2 Å². The Labute approximate surface area is 173 Å². The van der Waals surface area contributed by atoms with Crippen LogP contribution in [0.25, 0.3) is 11.4 Å². The Bertz CT molecular complexity index is 1140. The molecule has 1 aromatic heterocycles. The molecule has 30 heavy (non-hydrogen) atoms. The van der Waals surface area contributed by atoms with Crippen molar-refractivity contribution in [3.63, 3.8) is 0 Å². The predicted octanol–water partition coefficient (Wildman–Crippen LogP) is 4.08. The highest BCUT2D eigenvalue weighted by Crippen LogP contribution is 2.15. The van der Waals surface area contributed by atoms with E-state index in [-0.39, 0.29) is 5.89 Å². The number of amides is 1. The van der Waals surface area contributed by atoms with Gasteiger partial charge in [-0.2, -0.15) is 10.1 Å². The lowest BCUT2D eigenvalue weighted by molar-refractivity contribution is 0.0911. The van der Waals surface area contributed by atoms with Gasteiger partial charge >= 0.3 is 11.8 Å². The molecule has 0 aliphatic carbocycles. The van der Waals surface area contributed by atoms with Crippen LogP contribution in [0.15, 0.2) is 94.6 Å². The van der Waals surface area contributed by atoms with Crippen molar-refractivity contribution in [3.8, 4) is 17.1 Å². The van der Waals surface area contributed by atoms with Crippen LogP contribution in [0.1, 0.15) is 21.8 Å². The number of benzene rings is 3. The van der Waals surface area contributed by atoms with Crippen molar-refractivity contribution in [2.24, 2.45) is 5.10 Å². The molecular formula is C23H18N4O3. The van der Waals surface area contributed by atoms with E-state index >= 15 is 0 Å². The van der Waals surface area contributed by atoms with E-state index in [1.807, 2.05) is 84.9 Å². The number of nitrogens with zero attached hydrogens (tertiary/aromatic N) is 3. The maximum Gasteiger partial charge on any atom is 0.329 e. The molecule has 148 valence electrons. The van der Waals surface area contributed by atoms with E-state index in [4.69, 9.17) is 9.26 Å². The van der Waals surface area contributed by atoms with Crippen molar-refractivity contribution in [2.75, 3.05) is 0 Å². The first-order valence-corrected chi connectivity index (χ1v) is 9.27. The van der Waals surface area contributed by atoms with Crippen molar-refractivity contribution in [1.82, 2.24) is 15.6 Å². The van der Waals surface area contributed by atoms with Crippen LogP contribution in [0.2, 0.25) is 0 Å². The van der Waals surface area contributed by atoms with Crippen molar-refractivity contribution < 1.29 is 14.1 Å². The molecule has 0 saturated carbocycles. The summed E-state index contributed by atoms with van der Waals surface area (Å²) in [6.07, 6.45) is 1.52. The lowest BCUT2D eigenvalue weighted by Gasteiger charge is -2.06. The van der Waals surface area contributed by atoms with Crippen molar-refractivity contribution >= 4 is 12.1 Å². The number of hydrogen-bond donors (Lipinski definition) is 1. The second-order valence-corrected chi connectivity index (χ2v) is 6.34. The summed E-state index contributed by atoms with van der Waals surface area (Å²) < 4.78 is 10.8. The summed E-state index contributed by atoms with van der Waals surface area (Å²) in [7, 11) is 0. The normalized spacial score (nSPS) is 10.8. The van der Waals surface area contributed by atoms with Crippen LogP contribution in [-0.4, -0.2) is 22.3 Å². The second-order valence-electron chi connectivity index (χ2n) is 6.34. The number of aromatic nitrogens is 2. The van der Waals surface area contributed by atoms with Crippen LogP contribution in [0.5, 0.6) is 5.75 Å². The molecule has 4 rings (SSSR count). The topological polar surface area (TPSA) is 89.6 Å². The quantitative estimate of drug-likeness (QED) is 0.374. The summed E-state index contributed by atoms with van der Waals surface area (Å²) >= 11 is 0. The SMILES string of the molecule is O=C(NN=Cc1cccc(OCc2ccccc2)c1)c1nc(-c2ccccc2)no1. The molecule has 1 N–H and O–H groups in total. The Morgan fingerprint density at radius 1 is 1.00 bits per heavy atom. The van der Waals surface area contributed by atoms with Crippen LogP contribution in [0.4, 0.5) is 0 Å². The fourth-order valence-electron chi connectivity index (χ4n) is 2.66. The highest BCUT2D eigenvalue weighted by molar-refractivity contribution is 5.91. The van der Waals surface area contributed by atoms with Crippen LogP contribution in [-0.2, 0) is 6.61 Å². The smallest absolute Gasteiger partial charge is 0.329 e. The lowest BCUT2D eigenvalue weighted by Crippen LogP contribution is -2.18. The Hall–Kier alpha value is -4.26. The maximum absolute atomic E-state index is 12.2. The maximum atomic E-state index is 12.2. The highest BCUT2D eigenvalue weighted by atomic mass is 16.5. The van der Waals surface area contributed by atoms with Crippen molar-refractivity contribution in [2.45, 2.75) is 6.61 Å². The van der Waals surface area contributed by atoms with Gasteiger partial charge in [0.1, 0.15) is 12.4 Å². The number of nitrogens with one attached hydrogen (secondary N) is 1. The number of rotatable bonds is 7. The van der Waals surface area contributed by atoms with E-state index in [2.05, 4.69) is 20.7 Å². The van der Waals surface area contributed by atoms with Crippen LogP contribution in [0, 0.1) is 0 Å². The molecule has 0 atom stereocenters. The molecule has 0 spiro atoms. The Balaban J connectivity index is 1.34. The monoisotopic (exact) mass is 398 g/mol. The standard InChI is InChI=1S/C23H18N4O3/c28-22(23-25-21(27-30-23)19-11-5-2-6-12-19)26-24-15-18-10-7-13-20(14-18)29-16-17-8-3-1-4-9-17/h1-15H,16H2,(H,26,28). The largest absolute Gasteiger partial charge is 0.489 e. The zero-order valence-electron chi connectivity index (χ0n) is 15.9. The molecule has 0 aliphatic rings. The molecule has 0 fully saturated rings. The fourth-order valence-corrected chi connectivity index (χ4v) is 2.66. The van der Waals surface area contributed by atoms with E-state index in [1.54, 1.807) is 0 Å². The summed E-state index contributed by atoms with van der Waals surface area (Å²) in [5.41, 5.74) is 5.00. The zero-order chi connectivity index (χ0) is 20.6. The van der Waals surface area contributed by atoms with E-state index in [0.29, 0.717) is 18.2 Å². The predicted molar refractivity (Wildman–Crippen MR) is 112 cm³/mol. The van der Waals surface area contributed by atoms with Gasteiger partial charge in [0.25, 0.3) is 0 Å². The molecule has 1 heterocycles. The molecule has 0 saturated heterocycles. The summed E-state index contributed by atoms with van der Waals surface area (Å²) in [6, 6.07) is 26.6. The second kappa shape index (κ2) is 9.29. The van der Waals surface area contributed by atoms with E-state index in [0.717, 1.165) is 16.7 Å². The van der Waals surface area contributed by atoms with Gasteiger partial charge in [0.15, 0.2) is 0 Å². The minimum atomic E-state index is -0.586. The minimum Gasteiger partial charge on any atom is -0.489 e. The Kier molecular flexibility index (Phi) is 5.91. The van der Waals surface area contributed by atoms with Gasteiger partial charge in [-0.05, 0) is 23.3 Å². The summed E-state index contributed by atoms with van der Waals surface area (Å²) in [4.78, 5) is 16.2. The summed E-state index contributed by atoms with van der Waals surface area (Å²) in [5.74, 6) is 0.301. The van der Waals surface area contributed by atoms with E-state index in [9.17, 15) is 4.79 Å². The van der Waals surface area contributed by atoms with Gasteiger partial charge in [0.2, 0.25) is 5.82 Å². The Morgan fingerprint density at radius 2 is 1.77 bits per heavy atom. The molecular weight excluding hydrogens is 380 g/mol. The van der Waals surface area contributed by atoms with Gasteiger partial charge in [-0.15, -0.1) is 0 Å². The van der Waals surface area contributed by atoms with Gasteiger partial charge in [0, 0.05) is 5.56 Å². The van der Waals surface area contributed by atoms with E-state index in [1.165, 1.54) is 6.21 Å². The molecule has 4 aromatic rings. The molecule has 7 heteroatoms. The summed E-state index contributed by atoms with van der Waals surface area (Å²) in [6.45, 7) is 0.471. The first kappa shape index (κ1) is 19.1. The summed E-state index contributed by atoms with van der Waals surface area (Å²) in [5, 5.41) is 7.77. The number of carbonyl (C=O) groups excluding carboxylic acids is 1. The average Bonchev–Trinajstić information content (AvgIpc) is 3.30. The molecule has 0 aliphatic heterocycles.